The Bertz CT molecular complexity index is 1850. The van der Waals surface area contributed by atoms with Gasteiger partial charge in [-0.1, -0.05) is 0 Å². The van der Waals surface area contributed by atoms with Crippen molar-refractivity contribution in [3.05, 3.63) is 0 Å². The molecule has 0 unspecified atom stereocenters. The first-order valence-electron chi connectivity index (χ1n) is 22.2. The maximum atomic E-state index is 12.8. The van der Waals surface area contributed by atoms with Crippen LogP contribution in [0.25, 0.3) is 0 Å². The number of ketones is 1. The van der Waals surface area contributed by atoms with Crippen LogP contribution in [0.2, 0.25) is 0 Å². The van der Waals surface area contributed by atoms with Crippen molar-refractivity contribution in [2.24, 2.45) is 17.4 Å². The van der Waals surface area contributed by atoms with E-state index in [1.54, 1.807) is 27.7 Å². The molecule has 6 amide bonds. The molecule has 18 N–H and O–H groups in total. The molecule has 0 aromatic heterocycles. The molecule has 0 rings (SSSR count). The lowest BCUT2D eigenvalue weighted by molar-refractivity contribution is -0.459. The van der Waals surface area contributed by atoms with Gasteiger partial charge in [-0.15, -0.1) is 0 Å². The standard InChI is InChI=1S/C34H63N11O9.3C2HF3O2/c1-19(13-25(46)17-24(33(53)54)9-6-7-11-35)40-27(47)14-20(2)41-28(48)15-21(3)42-29(49)16-22(4)43-31(51)23(5)44-32(52)26(45-30(50)18-36)10-8-12-39-34(37)38;3*3-2(4,5)1(6)7/h19-24,26H,6-18,35-36H2,1-5H3,(H,40,47)(H,41,48)(H,42,49)(H,43,51)(H,44,52)(H,45,50)(H,53,54)(H4,37,38,39);3*(H,6,7)/t19-,20-,21-,22-,23+,24-,26+;;;/m1.../s1. The fraction of sp³-hybridized carbons (Fsp3) is 0.700. The number of carboxylic acid groups (broad SMARTS) is 4. The Labute approximate surface area is 422 Å². The smallest absolute Gasteiger partial charge is 0.430 e. The van der Waals surface area contributed by atoms with Gasteiger partial charge in [0.1, 0.15) is 35.8 Å². The molecular formula is C40H66F9N11O15. The van der Waals surface area contributed by atoms with Crippen LogP contribution in [0, 0.1) is 5.92 Å². The zero-order valence-corrected chi connectivity index (χ0v) is 41.4. The van der Waals surface area contributed by atoms with E-state index >= 15 is 0 Å². The number of alkyl halides is 9. The molecule has 0 radical (unpaired) electrons. The van der Waals surface area contributed by atoms with Gasteiger partial charge in [0.2, 0.25) is 29.5 Å². The SMILES string of the molecule is C[C@H](CC(=O)C[C@@H](CCCC[NH3+])C(=O)O)NC(=O)C[C@@H](C)NC(=O)C[C@@H](C)NC(=O)C[C@@H](C)NC(=O)[C@H](C)NC(=O)[C@H](CCC[NH+]=C(N)N)NC(=O)C[NH3+].O=C([O-])C(F)(F)F.O=C([O-])C(F)(F)F.O=C([O-])C(F)(F)F. The van der Waals surface area contributed by atoms with Crippen LogP contribution < -0.4 is 75.1 Å². The third-order valence-corrected chi connectivity index (χ3v) is 8.82. The first kappa shape index (κ1) is 74.5. The summed E-state index contributed by atoms with van der Waals surface area (Å²) in [7, 11) is 0. The third-order valence-electron chi connectivity index (χ3n) is 8.82. The Hall–Kier alpha value is -7.07. The Kier molecular flexibility index (Phi) is 37.4. The van der Waals surface area contributed by atoms with Gasteiger partial charge in [-0.2, -0.15) is 39.5 Å². The number of aliphatic carboxylic acids is 4. The van der Waals surface area contributed by atoms with Crippen molar-refractivity contribution in [1.29, 1.82) is 0 Å². The summed E-state index contributed by atoms with van der Waals surface area (Å²) in [4.78, 5) is 128. The summed E-state index contributed by atoms with van der Waals surface area (Å²) in [6.45, 7) is 8.99. The highest BCUT2D eigenvalue weighted by Gasteiger charge is 2.31. The number of unbranched alkanes of at least 4 members (excludes halogenated alkanes) is 1. The first-order chi connectivity index (χ1) is 34.1. The van der Waals surface area contributed by atoms with Crippen LogP contribution in [0.15, 0.2) is 0 Å². The number of quaternary nitrogens is 2. The van der Waals surface area contributed by atoms with E-state index < -0.39 is 114 Å². The van der Waals surface area contributed by atoms with Crippen molar-refractivity contribution in [1.82, 2.24) is 31.9 Å². The van der Waals surface area contributed by atoms with Crippen LogP contribution in [0.3, 0.4) is 0 Å². The zero-order chi connectivity index (χ0) is 59.6. The molecule has 0 fully saturated rings. The highest BCUT2D eigenvalue weighted by Crippen LogP contribution is 2.16. The number of carbonyl (C=O) groups excluding carboxylic acids is 10. The molecule has 26 nitrogen and oxygen atoms in total. The Morgan fingerprint density at radius 2 is 0.893 bits per heavy atom. The van der Waals surface area contributed by atoms with E-state index in [2.05, 4.69) is 48.4 Å². The number of amides is 6. The molecule has 0 spiro atoms. The number of hydrogen-bond acceptors (Lipinski definition) is 14. The van der Waals surface area contributed by atoms with Crippen molar-refractivity contribution >= 4 is 71.1 Å². The minimum absolute atomic E-state index is 0.0100. The van der Waals surface area contributed by atoms with E-state index in [4.69, 9.17) is 41.2 Å². The number of halogens is 9. The van der Waals surface area contributed by atoms with Gasteiger partial charge in [0.05, 0.1) is 19.0 Å². The summed E-state index contributed by atoms with van der Waals surface area (Å²) in [5.41, 5.74) is 18.0. The molecule has 434 valence electrons. The van der Waals surface area contributed by atoms with E-state index in [0.717, 1.165) is 6.42 Å². The number of guanidine groups is 1. The highest BCUT2D eigenvalue weighted by atomic mass is 19.4. The number of nitrogens with two attached hydrogens (primary N) is 2. The summed E-state index contributed by atoms with van der Waals surface area (Å²) in [6, 6.07) is -4.17. The second kappa shape index (κ2) is 37.6. The molecule has 0 aromatic rings. The molecular weight excluding hydrogens is 1050 g/mol. The second-order valence-electron chi connectivity index (χ2n) is 16.2. The number of nitrogens with one attached hydrogen (secondary N) is 7. The maximum absolute atomic E-state index is 12.8. The number of rotatable bonds is 28. The van der Waals surface area contributed by atoms with Crippen LogP contribution in [0.4, 0.5) is 39.5 Å². The molecule has 0 heterocycles. The van der Waals surface area contributed by atoms with Gasteiger partial charge in [0, 0.05) is 56.3 Å². The van der Waals surface area contributed by atoms with Crippen LogP contribution >= 0.6 is 0 Å². The van der Waals surface area contributed by atoms with Crippen LogP contribution in [0.5, 0.6) is 0 Å². The van der Waals surface area contributed by atoms with Crippen molar-refractivity contribution < 1.29 is 129 Å². The van der Waals surface area contributed by atoms with Gasteiger partial charge in [-0.25, -0.2) is 0 Å². The Morgan fingerprint density at radius 1 is 0.520 bits per heavy atom. The predicted octanol–water partition coefficient (Wildman–Crippen LogP) is -8.10. The molecule has 0 aliphatic heterocycles. The molecule has 0 bridgehead atoms. The van der Waals surface area contributed by atoms with Crippen molar-refractivity contribution in [3.8, 4) is 0 Å². The maximum Gasteiger partial charge on any atom is 0.430 e. The second-order valence-corrected chi connectivity index (χ2v) is 16.2. The first-order valence-corrected chi connectivity index (χ1v) is 22.2. The number of Topliss-reactive ketones (excluding diaryl/α,β-unsaturated/α-hetero) is 1. The van der Waals surface area contributed by atoms with Gasteiger partial charge >= 0.3 is 30.5 Å². The molecule has 0 aliphatic carbocycles. The van der Waals surface area contributed by atoms with Gasteiger partial charge in [0.25, 0.3) is 5.91 Å². The van der Waals surface area contributed by atoms with Crippen LogP contribution in [-0.2, 0) is 52.7 Å². The molecule has 7 atom stereocenters. The van der Waals surface area contributed by atoms with E-state index in [1.165, 1.54) is 6.92 Å². The molecule has 0 aliphatic rings. The molecule has 35 heteroatoms. The van der Waals surface area contributed by atoms with E-state index in [-0.39, 0.29) is 62.7 Å². The zero-order valence-electron chi connectivity index (χ0n) is 41.4. The van der Waals surface area contributed by atoms with Gasteiger partial charge in [0.15, 0.2) is 6.54 Å². The number of hydrogen-bond donors (Lipinski definition) is 12. The molecule has 0 aromatic carbocycles. The van der Waals surface area contributed by atoms with Gasteiger partial charge in [-0.05, 0) is 66.7 Å². The van der Waals surface area contributed by atoms with Crippen LogP contribution in [-0.4, -0.2) is 151 Å². The quantitative estimate of drug-likeness (QED) is 0.0150. The normalized spacial score (nSPS) is 13.8. The molecule has 0 saturated heterocycles. The topological polar surface area (TPSA) is 471 Å². The minimum Gasteiger partial charge on any atom is -0.542 e. The lowest BCUT2D eigenvalue weighted by atomic mass is 9.94. The summed E-state index contributed by atoms with van der Waals surface area (Å²) in [5.74, 6) is -13.8. The van der Waals surface area contributed by atoms with Gasteiger partial charge in [-0.3, -0.25) is 54.8 Å². The minimum atomic E-state index is -5.19. The largest absolute Gasteiger partial charge is 0.542 e. The monoisotopic (exact) mass is 1110 g/mol. The number of carboxylic acids is 4. The Morgan fingerprint density at radius 3 is 1.23 bits per heavy atom. The molecule has 75 heavy (non-hydrogen) atoms. The third kappa shape index (κ3) is 43.1. The fourth-order valence-electron chi connectivity index (χ4n) is 5.44. The lowest BCUT2D eigenvalue weighted by Crippen LogP contribution is -2.78. The molecule has 0 saturated carbocycles. The lowest BCUT2D eigenvalue weighted by Gasteiger charge is -2.22. The average molecular weight is 1110 g/mol. The van der Waals surface area contributed by atoms with Crippen LogP contribution in [0.1, 0.15) is 98.8 Å². The summed E-state index contributed by atoms with van der Waals surface area (Å²) < 4.78 is 94.6. The van der Waals surface area contributed by atoms with Crippen molar-refractivity contribution in [2.75, 3.05) is 19.6 Å². The number of carbonyl (C=O) groups is 11. The predicted molar refractivity (Wildman–Crippen MR) is 230 cm³/mol. The summed E-state index contributed by atoms with van der Waals surface area (Å²) >= 11 is 0. The van der Waals surface area contributed by atoms with E-state index in [0.29, 0.717) is 32.4 Å². The van der Waals surface area contributed by atoms with E-state index in [1.807, 2.05) is 0 Å². The van der Waals surface area contributed by atoms with Gasteiger partial charge < -0.3 is 78.2 Å². The Balaban J connectivity index is -0.000000990. The summed E-state index contributed by atoms with van der Waals surface area (Å²) in [6.07, 6.45) is -13.4. The van der Waals surface area contributed by atoms with Crippen molar-refractivity contribution in [2.45, 2.75) is 154 Å². The van der Waals surface area contributed by atoms with Crippen molar-refractivity contribution in [3.63, 3.8) is 0 Å². The average Bonchev–Trinajstić information content (AvgIpc) is 3.23. The van der Waals surface area contributed by atoms with E-state index in [9.17, 15) is 83.0 Å². The summed E-state index contributed by atoms with van der Waals surface area (Å²) in [5, 5.41) is 51.7. The fourth-order valence-corrected chi connectivity index (χ4v) is 5.44. The highest BCUT2D eigenvalue weighted by molar-refractivity contribution is 5.92.